The maximum atomic E-state index is 10.4. The summed E-state index contributed by atoms with van der Waals surface area (Å²) in [5, 5.41) is 8.52. The predicted molar refractivity (Wildman–Crippen MR) is 49.1 cm³/mol. The van der Waals surface area contributed by atoms with Crippen LogP contribution in [0, 0.1) is 0 Å². The van der Waals surface area contributed by atoms with Gasteiger partial charge in [0.15, 0.2) is 0 Å². The van der Waals surface area contributed by atoms with Crippen LogP contribution >= 0.6 is 0 Å². The van der Waals surface area contributed by atoms with Crippen molar-refractivity contribution in [3.05, 3.63) is 42.0 Å². The summed E-state index contributed by atoms with van der Waals surface area (Å²) in [7, 11) is 1.45. The van der Waals surface area contributed by atoms with Crippen LogP contribution in [0.4, 0.5) is 0 Å². The molecule has 68 valence electrons. The first kappa shape index (κ1) is 9.32. The molecule has 0 heterocycles. The monoisotopic (exact) mass is 178 g/mol. The van der Waals surface area contributed by atoms with Crippen LogP contribution in [0.3, 0.4) is 0 Å². The quantitative estimate of drug-likeness (QED) is 0.566. The van der Waals surface area contributed by atoms with Crippen LogP contribution in [0.15, 0.2) is 36.4 Å². The average molecular weight is 178 g/mol. The van der Waals surface area contributed by atoms with Gasteiger partial charge >= 0.3 is 5.97 Å². The van der Waals surface area contributed by atoms with Gasteiger partial charge in [-0.25, -0.2) is 4.79 Å². The largest absolute Gasteiger partial charge is 0.496 e. The minimum atomic E-state index is -1.01. The Labute approximate surface area is 76.3 Å². The van der Waals surface area contributed by atoms with Gasteiger partial charge in [-0.1, -0.05) is 30.3 Å². The molecule has 0 radical (unpaired) electrons. The highest BCUT2D eigenvalue weighted by Gasteiger charge is 2.01. The van der Waals surface area contributed by atoms with Crippen molar-refractivity contribution < 1.29 is 14.6 Å². The second-order valence-corrected chi connectivity index (χ2v) is 2.42. The average Bonchev–Trinajstić information content (AvgIpc) is 2.15. The summed E-state index contributed by atoms with van der Waals surface area (Å²) in [6.45, 7) is 0. The molecule has 1 aromatic carbocycles. The Balaban J connectivity index is 2.98. The first-order valence-corrected chi connectivity index (χ1v) is 3.78. The van der Waals surface area contributed by atoms with Crippen molar-refractivity contribution in [1.82, 2.24) is 0 Å². The molecule has 0 saturated heterocycles. The Morgan fingerprint density at radius 3 is 2.46 bits per heavy atom. The minimum absolute atomic E-state index is 0.355. The van der Waals surface area contributed by atoms with Gasteiger partial charge in [0.2, 0.25) is 0 Å². The first-order chi connectivity index (χ1) is 6.24. The third kappa shape index (κ3) is 2.63. The molecule has 0 aliphatic heterocycles. The highest BCUT2D eigenvalue weighted by Crippen LogP contribution is 2.13. The summed E-state index contributed by atoms with van der Waals surface area (Å²) >= 11 is 0. The second kappa shape index (κ2) is 4.30. The van der Waals surface area contributed by atoms with E-state index in [1.807, 2.05) is 18.2 Å². The number of hydrogen-bond donors (Lipinski definition) is 1. The molecular weight excluding hydrogens is 168 g/mol. The van der Waals surface area contributed by atoms with E-state index in [-0.39, 0.29) is 0 Å². The van der Waals surface area contributed by atoms with Gasteiger partial charge in [0.1, 0.15) is 5.76 Å². The molecule has 0 bridgehead atoms. The Morgan fingerprint density at radius 1 is 1.38 bits per heavy atom. The molecule has 0 amide bonds. The van der Waals surface area contributed by atoms with Gasteiger partial charge < -0.3 is 9.84 Å². The van der Waals surface area contributed by atoms with Crippen molar-refractivity contribution in [2.45, 2.75) is 0 Å². The van der Waals surface area contributed by atoms with Gasteiger partial charge in [-0.15, -0.1) is 0 Å². The van der Waals surface area contributed by atoms with Gasteiger partial charge in [-0.05, 0) is 0 Å². The van der Waals surface area contributed by atoms with E-state index in [4.69, 9.17) is 9.84 Å². The van der Waals surface area contributed by atoms with Gasteiger partial charge in [0.25, 0.3) is 0 Å². The summed E-state index contributed by atoms with van der Waals surface area (Å²) in [5.74, 6) is -0.659. The summed E-state index contributed by atoms with van der Waals surface area (Å²) in [5.41, 5.74) is 0.757. The zero-order valence-corrected chi connectivity index (χ0v) is 7.23. The van der Waals surface area contributed by atoms with Gasteiger partial charge in [-0.2, -0.15) is 0 Å². The summed E-state index contributed by atoms with van der Waals surface area (Å²) < 4.78 is 4.93. The van der Waals surface area contributed by atoms with Crippen LogP contribution in [-0.2, 0) is 9.53 Å². The highest BCUT2D eigenvalue weighted by molar-refractivity contribution is 5.88. The van der Waals surface area contributed by atoms with Crippen molar-refractivity contribution in [2.24, 2.45) is 0 Å². The lowest BCUT2D eigenvalue weighted by atomic mass is 10.2. The van der Waals surface area contributed by atoms with Crippen LogP contribution in [0.5, 0.6) is 0 Å². The van der Waals surface area contributed by atoms with Crippen molar-refractivity contribution in [2.75, 3.05) is 7.11 Å². The van der Waals surface area contributed by atoms with Crippen LogP contribution in [0.2, 0.25) is 0 Å². The van der Waals surface area contributed by atoms with Crippen LogP contribution in [-0.4, -0.2) is 18.2 Å². The molecule has 1 rings (SSSR count). The van der Waals surface area contributed by atoms with Crippen LogP contribution < -0.4 is 0 Å². The van der Waals surface area contributed by atoms with E-state index in [1.165, 1.54) is 7.11 Å². The number of benzene rings is 1. The molecule has 0 atom stereocenters. The van der Waals surface area contributed by atoms with Crippen LogP contribution in [0.25, 0.3) is 5.76 Å². The molecule has 3 nitrogen and oxygen atoms in total. The Morgan fingerprint density at radius 2 is 2.00 bits per heavy atom. The number of aliphatic carboxylic acids is 1. The lowest BCUT2D eigenvalue weighted by Gasteiger charge is -2.03. The van der Waals surface area contributed by atoms with Crippen molar-refractivity contribution in [1.29, 1.82) is 0 Å². The first-order valence-electron chi connectivity index (χ1n) is 3.78. The molecule has 0 fully saturated rings. The maximum absolute atomic E-state index is 10.4. The van der Waals surface area contributed by atoms with Gasteiger partial charge in [0.05, 0.1) is 13.2 Å². The molecule has 0 aliphatic carbocycles. The third-order valence-corrected chi connectivity index (χ3v) is 1.53. The van der Waals surface area contributed by atoms with E-state index in [0.717, 1.165) is 11.6 Å². The predicted octanol–water partition coefficient (Wildman–Crippen LogP) is 1.76. The molecule has 0 unspecified atom stereocenters. The third-order valence-electron chi connectivity index (χ3n) is 1.53. The fourth-order valence-electron chi connectivity index (χ4n) is 0.975. The number of hydrogen-bond acceptors (Lipinski definition) is 2. The molecular formula is C10H10O3. The number of carboxylic acid groups (broad SMARTS) is 1. The van der Waals surface area contributed by atoms with Crippen molar-refractivity contribution in [3.63, 3.8) is 0 Å². The SMILES string of the molecule is CO/C(=C/C(=O)O)c1ccccc1. The number of carboxylic acids is 1. The minimum Gasteiger partial charge on any atom is -0.496 e. The van der Waals surface area contributed by atoms with Crippen LogP contribution in [0.1, 0.15) is 5.56 Å². The lowest BCUT2D eigenvalue weighted by molar-refractivity contribution is -0.131. The van der Waals surface area contributed by atoms with E-state index in [0.29, 0.717) is 5.76 Å². The Hall–Kier alpha value is -1.77. The summed E-state index contributed by atoms with van der Waals surface area (Å²) in [4.78, 5) is 10.4. The molecule has 13 heavy (non-hydrogen) atoms. The summed E-state index contributed by atoms with van der Waals surface area (Å²) in [6, 6.07) is 9.09. The Kier molecular flexibility index (Phi) is 3.09. The maximum Gasteiger partial charge on any atom is 0.332 e. The van der Waals surface area contributed by atoms with E-state index < -0.39 is 5.97 Å². The topological polar surface area (TPSA) is 46.5 Å². The van der Waals surface area contributed by atoms with Gasteiger partial charge in [-0.3, -0.25) is 0 Å². The molecule has 3 heteroatoms. The number of rotatable bonds is 3. The zero-order valence-electron chi connectivity index (χ0n) is 7.23. The standard InChI is InChI=1S/C10H10O3/c1-13-9(7-10(11)12)8-5-3-2-4-6-8/h2-7H,1H3,(H,11,12)/b9-7+. The zero-order chi connectivity index (χ0) is 9.68. The Bertz CT molecular complexity index is 314. The molecule has 1 aromatic rings. The van der Waals surface area contributed by atoms with E-state index in [1.54, 1.807) is 12.1 Å². The normalized spacial score (nSPS) is 11.0. The smallest absolute Gasteiger partial charge is 0.332 e. The molecule has 0 spiro atoms. The summed E-state index contributed by atoms with van der Waals surface area (Å²) in [6.07, 6.45) is 1.04. The number of ether oxygens (including phenoxy) is 1. The van der Waals surface area contributed by atoms with E-state index in [9.17, 15) is 4.79 Å². The van der Waals surface area contributed by atoms with E-state index in [2.05, 4.69) is 0 Å². The molecule has 0 saturated carbocycles. The lowest BCUT2D eigenvalue weighted by Crippen LogP contribution is -1.94. The number of carbonyl (C=O) groups is 1. The van der Waals surface area contributed by atoms with Crippen molar-refractivity contribution in [3.8, 4) is 0 Å². The highest BCUT2D eigenvalue weighted by atomic mass is 16.5. The fraction of sp³-hybridized carbons (Fsp3) is 0.100. The van der Waals surface area contributed by atoms with Gasteiger partial charge in [0, 0.05) is 5.56 Å². The van der Waals surface area contributed by atoms with E-state index >= 15 is 0 Å². The fourth-order valence-corrected chi connectivity index (χ4v) is 0.975. The van der Waals surface area contributed by atoms with Crippen molar-refractivity contribution >= 4 is 11.7 Å². The molecule has 1 N–H and O–H groups in total. The molecule has 0 aliphatic rings. The number of methoxy groups -OCH3 is 1. The molecule has 0 aromatic heterocycles. The second-order valence-electron chi connectivity index (χ2n) is 2.42.